The lowest BCUT2D eigenvalue weighted by Crippen LogP contribution is -2.37. The number of azo groups is 1. The number of anilines is 1. The van der Waals surface area contributed by atoms with Gasteiger partial charge in [0.25, 0.3) is 0 Å². The summed E-state index contributed by atoms with van der Waals surface area (Å²) in [5, 5.41) is 16.2. The van der Waals surface area contributed by atoms with Crippen molar-refractivity contribution in [2.24, 2.45) is 20.4 Å². The second-order valence-electron chi connectivity index (χ2n) is 7.01. The monoisotopic (exact) mass is 464 g/mol. The minimum Gasteiger partial charge on any atom is -0.384 e. The molecule has 1 aromatic carbocycles. The van der Waals surface area contributed by atoms with E-state index in [1.54, 1.807) is 6.07 Å². The van der Waals surface area contributed by atoms with Crippen LogP contribution in [0.4, 0.5) is 5.82 Å². The first-order valence-corrected chi connectivity index (χ1v) is 12.3. The van der Waals surface area contributed by atoms with Gasteiger partial charge in [-0.25, -0.2) is 36.7 Å². The largest absolute Gasteiger partial charge is 0.384 e. The molecule has 12 nitrogen and oxygen atoms in total. The third kappa shape index (κ3) is 4.33. The fourth-order valence-corrected chi connectivity index (χ4v) is 6.35. The zero-order valence-electron chi connectivity index (χ0n) is 16.2. The first kappa shape index (κ1) is 21.5. The number of amidine groups is 1. The molecule has 0 spiro atoms. The predicted octanol–water partition coefficient (Wildman–Crippen LogP) is -0.212. The van der Waals surface area contributed by atoms with Crippen LogP contribution in [0.1, 0.15) is 12.0 Å². The van der Waals surface area contributed by atoms with Gasteiger partial charge in [0.1, 0.15) is 15.6 Å². The van der Waals surface area contributed by atoms with Crippen molar-refractivity contribution in [2.75, 3.05) is 25.5 Å². The molecule has 0 aliphatic carbocycles. The zero-order chi connectivity index (χ0) is 22.2. The van der Waals surface area contributed by atoms with Crippen molar-refractivity contribution in [2.45, 2.75) is 22.3 Å². The molecule has 2 aliphatic rings. The summed E-state index contributed by atoms with van der Waals surface area (Å²) < 4.78 is 54.1. The SMILES string of the molecule is Nc1ccc(-c2ccc(S(=O)(=O)N[C@@H]3CCNC3)c(S(N)(=O)=O)c2C2=NCN=N2)cn1. The number of primary sulfonamides is 1. The summed E-state index contributed by atoms with van der Waals surface area (Å²) in [7, 11) is -8.75. The topological polar surface area (TPSA) is 194 Å². The van der Waals surface area contributed by atoms with Gasteiger partial charge in [-0.15, -0.1) is 5.11 Å². The van der Waals surface area contributed by atoms with Crippen LogP contribution < -0.4 is 20.9 Å². The Morgan fingerprint density at radius 3 is 2.52 bits per heavy atom. The molecule has 1 atom stereocenters. The van der Waals surface area contributed by atoms with Crippen LogP contribution in [0, 0.1) is 0 Å². The van der Waals surface area contributed by atoms with Crippen LogP contribution in [0.5, 0.6) is 0 Å². The maximum Gasteiger partial charge on any atom is 0.242 e. The van der Waals surface area contributed by atoms with Crippen molar-refractivity contribution in [1.29, 1.82) is 0 Å². The van der Waals surface area contributed by atoms with E-state index in [9.17, 15) is 16.8 Å². The Balaban J connectivity index is 1.98. The highest BCUT2D eigenvalue weighted by molar-refractivity contribution is 7.92. The van der Waals surface area contributed by atoms with E-state index in [1.807, 2.05) is 0 Å². The maximum absolute atomic E-state index is 13.1. The summed E-state index contributed by atoms with van der Waals surface area (Å²) in [6.07, 6.45) is 2.01. The van der Waals surface area contributed by atoms with Crippen LogP contribution in [-0.4, -0.2) is 53.5 Å². The predicted molar refractivity (Wildman–Crippen MR) is 113 cm³/mol. The van der Waals surface area contributed by atoms with Crippen LogP contribution >= 0.6 is 0 Å². The van der Waals surface area contributed by atoms with Crippen molar-refractivity contribution in [3.63, 3.8) is 0 Å². The molecule has 14 heteroatoms. The lowest BCUT2D eigenvalue weighted by Gasteiger charge is -2.18. The van der Waals surface area contributed by atoms with Gasteiger partial charge in [0.15, 0.2) is 12.5 Å². The highest BCUT2D eigenvalue weighted by Crippen LogP contribution is 2.35. The minimum atomic E-state index is -4.52. The Morgan fingerprint density at radius 1 is 1.13 bits per heavy atom. The number of pyridine rings is 1. The summed E-state index contributed by atoms with van der Waals surface area (Å²) in [5.41, 5.74) is 6.41. The van der Waals surface area contributed by atoms with Gasteiger partial charge in [-0.3, -0.25) is 0 Å². The van der Waals surface area contributed by atoms with Gasteiger partial charge < -0.3 is 11.1 Å². The average molecular weight is 465 g/mol. The Labute approximate surface area is 179 Å². The molecular formula is C17H20N8O4S2. The molecule has 31 heavy (non-hydrogen) atoms. The van der Waals surface area contributed by atoms with Crippen LogP contribution in [0.15, 0.2) is 55.5 Å². The van der Waals surface area contributed by atoms with Gasteiger partial charge in [0.05, 0.1) is 5.56 Å². The molecule has 0 bridgehead atoms. The molecule has 2 aliphatic heterocycles. The fourth-order valence-electron chi connectivity index (χ4n) is 3.48. The molecule has 0 amide bonds. The summed E-state index contributed by atoms with van der Waals surface area (Å²) in [6.45, 7) is 1.08. The lowest BCUT2D eigenvalue weighted by atomic mass is 10.00. The Hall–Kier alpha value is -2.78. The zero-order valence-corrected chi connectivity index (χ0v) is 17.8. The Kier molecular flexibility index (Phi) is 5.57. The van der Waals surface area contributed by atoms with Crippen molar-refractivity contribution < 1.29 is 16.8 Å². The van der Waals surface area contributed by atoms with Gasteiger partial charge in [-0.2, -0.15) is 5.11 Å². The summed E-state index contributed by atoms with van der Waals surface area (Å²) in [6, 6.07) is 5.46. The number of nitrogens with two attached hydrogens (primary N) is 2. The van der Waals surface area contributed by atoms with E-state index in [-0.39, 0.29) is 29.9 Å². The molecule has 0 radical (unpaired) electrons. The van der Waals surface area contributed by atoms with E-state index in [0.717, 1.165) is 0 Å². The van der Waals surface area contributed by atoms with Crippen molar-refractivity contribution in [3.05, 3.63) is 36.0 Å². The molecule has 164 valence electrons. The standard InChI is InChI=1S/C17H20N8O4S2/c18-14-4-1-10(7-21-14)12-2-3-13(31(28,29)25-11-5-6-20-8-11)16(30(19,26)27)15(12)17-22-9-23-24-17/h1-4,7,11,20,25H,5-6,8-9H2,(H2,18,21)(H2,19,26,27)/t11-/m1/s1. The maximum atomic E-state index is 13.1. The molecule has 3 heterocycles. The summed E-state index contributed by atoms with van der Waals surface area (Å²) in [5.74, 6) is 0.235. The van der Waals surface area contributed by atoms with Crippen LogP contribution in [0.25, 0.3) is 11.1 Å². The number of hydrogen-bond donors (Lipinski definition) is 4. The van der Waals surface area contributed by atoms with E-state index in [2.05, 4.69) is 30.2 Å². The minimum absolute atomic E-state index is 0.0121. The third-order valence-electron chi connectivity index (χ3n) is 4.85. The molecule has 4 rings (SSSR count). The average Bonchev–Trinajstić information content (AvgIpc) is 3.40. The normalized spacial score (nSPS) is 19.0. The summed E-state index contributed by atoms with van der Waals surface area (Å²) in [4.78, 5) is 7.05. The fraction of sp³-hybridized carbons (Fsp3) is 0.294. The van der Waals surface area contributed by atoms with Gasteiger partial charge in [-0.1, -0.05) is 6.07 Å². The molecule has 1 saturated heterocycles. The smallest absolute Gasteiger partial charge is 0.242 e. The van der Waals surface area contributed by atoms with Gasteiger partial charge >= 0.3 is 0 Å². The number of sulfonamides is 2. The highest BCUT2D eigenvalue weighted by Gasteiger charge is 2.34. The lowest BCUT2D eigenvalue weighted by molar-refractivity contribution is 0.555. The first-order valence-electron chi connectivity index (χ1n) is 9.24. The summed E-state index contributed by atoms with van der Waals surface area (Å²) >= 11 is 0. The van der Waals surface area contributed by atoms with E-state index >= 15 is 0 Å². The van der Waals surface area contributed by atoms with Crippen LogP contribution in [0.3, 0.4) is 0 Å². The molecule has 0 saturated carbocycles. The second kappa shape index (κ2) is 8.05. The number of benzene rings is 1. The van der Waals surface area contributed by atoms with Crippen LogP contribution in [-0.2, 0) is 20.0 Å². The quantitative estimate of drug-likeness (QED) is 0.454. The molecule has 2 aromatic rings. The van der Waals surface area contributed by atoms with Crippen LogP contribution in [0.2, 0.25) is 0 Å². The Bertz CT molecular complexity index is 1280. The van der Waals surface area contributed by atoms with E-state index in [4.69, 9.17) is 10.9 Å². The number of nitrogens with zero attached hydrogens (tertiary/aromatic N) is 4. The van der Waals surface area contributed by atoms with Gasteiger partial charge in [0, 0.05) is 24.3 Å². The molecule has 0 unspecified atom stereocenters. The third-order valence-corrected chi connectivity index (χ3v) is 7.53. The Morgan fingerprint density at radius 2 is 1.94 bits per heavy atom. The first-order chi connectivity index (χ1) is 14.7. The molecule has 1 aromatic heterocycles. The number of hydrogen-bond acceptors (Lipinski definition) is 10. The van der Waals surface area contributed by atoms with Crippen molar-refractivity contribution in [1.82, 2.24) is 15.0 Å². The second-order valence-corrected chi connectivity index (χ2v) is 10.2. The number of nitrogen functional groups attached to an aromatic ring is 1. The van der Waals surface area contributed by atoms with Crippen molar-refractivity contribution in [3.8, 4) is 11.1 Å². The molecule has 1 fully saturated rings. The van der Waals surface area contributed by atoms with Crippen molar-refractivity contribution >= 4 is 31.7 Å². The van der Waals surface area contributed by atoms with E-state index < -0.39 is 29.8 Å². The number of aromatic nitrogens is 1. The number of nitrogens with one attached hydrogen (secondary N) is 2. The van der Waals surface area contributed by atoms with E-state index in [0.29, 0.717) is 30.6 Å². The number of rotatable bonds is 6. The van der Waals surface area contributed by atoms with Gasteiger partial charge in [0.2, 0.25) is 20.0 Å². The number of aliphatic imine (C=N–C) groups is 1. The molecular weight excluding hydrogens is 444 g/mol. The molecule has 6 N–H and O–H groups in total. The van der Waals surface area contributed by atoms with Gasteiger partial charge in [-0.05, 0) is 36.7 Å². The van der Waals surface area contributed by atoms with E-state index in [1.165, 1.54) is 24.4 Å². The highest BCUT2D eigenvalue weighted by atomic mass is 32.2.